The van der Waals surface area contributed by atoms with Crippen LogP contribution >= 0.6 is 15.9 Å². The lowest BCUT2D eigenvalue weighted by Crippen LogP contribution is -2.14. The van der Waals surface area contributed by atoms with Crippen molar-refractivity contribution in [2.24, 2.45) is 11.8 Å². The molecular weight excluding hydrogens is 456 g/mol. The van der Waals surface area contributed by atoms with Crippen molar-refractivity contribution in [1.82, 2.24) is 0 Å². The Bertz CT molecular complexity index is 751. The Morgan fingerprint density at radius 1 is 0.774 bits per heavy atom. The fraction of sp³-hybridized carbons (Fsp3) is 0.462. The maximum absolute atomic E-state index is 11.6. The predicted octanol–water partition coefficient (Wildman–Crippen LogP) is 6.76. The third kappa shape index (κ3) is 10.1. The summed E-state index contributed by atoms with van der Waals surface area (Å²) in [5, 5.41) is 9.37. The molecule has 0 radical (unpaired) electrons. The molecule has 2 fully saturated rings. The SMILES string of the molecule is BrCc1ccccc1.O=C(O)C1CCCC1.O=C(OCc1ccccc1)C1CCCC1. The van der Waals surface area contributed by atoms with Crippen LogP contribution in [0.25, 0.3) is 0 Å². The van der Waals surface area contributed by atoms with Crippen LogP contribution < -0.4 is 0 Å². The molecule has 0 amide bonds. The Morgan fingerprint density at radius 3 is 1.61 bits per heavy atom. The molecule has 0 saturated heterocycles. The van der Waals surface area contributed by atoms with E-state index in [2.05, 4.69) is 28.1 Å². The van der Waals surface area contributed by atoms with Gasteiger partial charge >= 0.3 is 11.9 Å². The zero-order valence-electron chi connectivity index (χ0n) is 18.0. The monoisotopic (exact) mass is 488 g/mol. The summed E-state index contributed by atoms with van der Waals surface area (Å²) >= 11 is 3.36. The van der Waals surface area contributed by atoms with Gasteiger partial charge in [-0.15, -0.1) is 0 Å². The Hall–Kier alpha value is -2.14. The molecule has 2 aromatic carbocycles. The van der Waals surface area contributed by atoms with E-state index < -0.39 is 5.97 Å². The first-order valence-electron chi connectivity index (χ1n) is 11.1. The molecule has 4 rings (SSSR count). The van der Waals surface area contributed by atoms with Crippen LogP contribution in [0.15, 0.2) is 60.7 Å². The van der Waals surface area contributed by atoms with Crippen molar-refractivity contribution < 1.29 is 19.4 Å². The Kier molecular flexibility index (Phi) is 12.0. The Labute approximate surface area is 194 Å². The summed E-state index contributed by atoms with van der Waals surface area (Å²) in [4.78, 5) is 21.8. The number of carbonyl (C=O) groups excluding carboxylic acids is 1. The van der Waals surface area contributed by atoms with Crippen LogP contribution in [-0.2, 0) is 26.3 Å². The van der Waals surface area contributed by atoms with E-state index in [1.807, 2.05) is 48.5 Å². The van der Waals surface area contributed by atoms with E-state index >= 15 is 0 Å². The highest BCUT2D eigenvalue weighted by Crippen LogP contribution is 2.26. The third-order valence-electron chi connectivity index (χ3n) is 5.61. The van der Waals surface area contributed by atoms with E-state index in [4.69, 9.17) is 9.84 Å². The summed E-state index contributed by atoms with van der Waals surface area (Å²) in [5.41, 5.74) is 2.39. The quantitative estimate of drug-likeness (QED) is 0.372. The predicted molar refractivity (Wildman–Crippen MR) is 127 cm³/mol. The van der Waals surface area contributed by atoms with Gasteiger partial charge < -0.3 is 9.84 Å². The van der Waals surface area contributed by atoms with Crippen LogP contribution in [-0.4, -0.2) is 17.0 Å². The fourth-order valence-corrected chi connectivity index (χ4v) is 4.12. The number of alkyl halides is 1. The molecule has 0 spiro atoms. The van der Waals surface area contributed by atoms with Gasteiger partial charge in [0.1, 0.15) is 6.61 Å². The molecule has 0 bridgehead atoms. The number of benzene rings is 2. The lowest BCUT2D eigenvalue weighted by Gasteiger charge is -2.09. The molecule has 2 aliphatic carbocycles. The van der Waals surface area contributed by atoms with Gasteiger partial charge in [-0.2, -0.15) is 0 Å². The molecule has 2 saturated carbocycles. The number of halogens is 1. The highest BCUT2D eigenvalue weighted by Gasteiger charge is 2.23. The first-order valence-corrected chi connectivity index (χ1v) is 12.3. The highest BCUT2D eigenvalue weighted by molar-refractivity contribution is 9.08. The van der Waals surface area contributed by atoms with E-state index in [0.717, 1.165) is 49.4 Å². The summed E-state index contributed by atoms with van der Waals surface area (Å²) in [7, 11) is 0. The normalized spacial score (nSPS) is 15.9. The van der Waals surface area contributed by atoms with E-state index in [-0.39, 0.29) is 17.8 Å². The van der Waals surface area contributed by atoms with Crippen LogP contribution in [0.5, 0.6) is 0 Å². The second kappa shape index (κ2) is 14.8. The van der Waals surface area contributed by atoms with Gasteiger partial charge in [0.2, 0.25) is 0 Å². The molecule has 5 heteroatoms. The van der Waals surface area contributed by atoms with Gasteiger partial charge in [-0.05, 0) is 36.8 Å². The molecule has 1 N–H and O–H groups in total. The number of rotatable bonds is 5. The van der Waals surface area contributed by atoms with Gasteiger partial charge in [0.25, 0.3) is 0 Å². The van der Waals surface area contributed by atoms with Crippen molar-refractivity contribution in [3.8, 4) is 0 Å². The van der Waals surface area contributed by atoms with Crippen molar-refractivity contribution in [2.75, 3.05) is 0 Å². The van der Waals surface area contributed by atoms with Crippen molar-refractivity contribution in [3.63, 3.8) is 0 Å². The largest absolute Gasteiger partial charge is 0.481 e. The molecule has 31 heavy (non-hydrogen) atoms. The first-order chi connectivity index (χ1) is 15.1. The number of ether oxygens (including phenoxy) is 1. The average Bonchev–Trinajstić information content (AvgIpc) is 3.54. The van der Waals surface area contributed by atoms with E-state index in [1.165, 1.54) is 18.4 Å². The van der Waals surface area contributed by atoms with Gasteiger partial charge in [-0.3, -0.25) is 9.59 Å². The summed E-state index contributed by atoms with van der Waals surface area (Å²) < 4.78 is 5.27. The van der Waals surface area contributed by atoms with E-state index in [9.17, 15) is 9.59 Å². The minimum Gasteiger partial charge on any atom is -0.481 e. The molecule has 4 nitrogen and oxygen atoms in total. The van der Waals surface area contributed by atoms with Crippen LogP contribution in [0, 0.1) is 11.8 Å². The van der Waals surface area contributed by atoms with Crippen LogP contribution in [0.4, 0.5) is 0 Å². The second-order valence-corrected chi connectivity index (χ2v) is 8.57. The topological polar surface area (TPSA) is 63.6 Å². The number of carbonyl (C=O) groups is 2. The smallest absolute Gasteiger partial charge is 0.309 e. The maximum atomic E-state index is 11.6. The number of carboxylic acids is 1. The van der Waals surface area contributed by atoms with E-state index in [0.29, 0.717) is 6.61 Å². The molecule has 0 aliphatic heterocycles. The van der Waals surface area contributed by atoms with Crippen LogP contribution in [0.1, 0.15) is 62.5 Å². The molecular formula is C26H33BrO4. The fourth-order valence-electron chi connectivity index (χ4n) is 3.75. The Balaban J connectivity index is 0.000000181. The van der Waals surface area contributed by atoms with Gasteiger partial charge in [0.05, 0.1) is 11.8 Å². The number of aliphatic carboxylic acids is 1. The van der Waals surface area contributed by atoms with Gasteiger partial charge in [0, 0.05) is 5.33 Å². The van der Waals surface area contributed by atoms with Crippen LogP contribution in [0.3, 0.4) is 0 Å². The van der Waals surface area contributed by atoms with Crippen LogP contribution in [0.2, 0.25) is 0 Å². The lowest BCUT2D eigenvalue weighted by molar-refractivity contribution is -0.149. The summed E-state index contributed by atoms with van der Waals surface area (Å²) in [6.45, 7) is 0.413. The summed E-state index contributed by atoms with van der Waals surface area (Å²) in [6, 6.07) is 20.1. The number of hydrogen-bond acceptors (Lipinski definition) is 3. The molecule has 0 atom stereocenters. The second-order valence-electron chi connectivity index (χ2n) is 8.01. The average molecular weight is 489 g/mol. The van der Waals surface area contributed by atoms with E-state index in [1.54, 1.807) is 0 Å². The van der Waals surface area contributed by atoms with Crippen molar-refractivity contribution in [3.05, 3.63) is 71.8 Å². The minimum atomic E-state index is -0.609. The highest BCUT2D eigenvalue weighted by atomic mass is 79.9. The molecule has 0 heterocycles. The number of carboxylic acid groups (broad SMARTS) is 1. The molecule has 0 aromatic heterocycles. The van der Waals surface area contributed by atoms with Gasteiger partial charge in [0.15, 0.2) is 0 Å². The number of hydrogen-bond donors (Lipinski definition) is 1. The summed E-state index contributed by atoms with van der Waals surface area (Å²) in [5.74, 6) is -0.484. The maximum Gasteiger partial charge on any atom is 0.309 e. The van der Waals surface area contributed by atoms with Crippen molar-refractivity contribution >= 4 is 27.9 Å². The number of esters is 1. The summed E-state index contributed by atoms with van der Waals surface area (Å²) in [6.07, 6.45) is 8.37. The van der Waals surface area contributed by atoms with Gasteiger partial charge in [-0.1, -0.05) is 102 Å². The zero-order valence-corrected chi connectivity index (χ0v) is 19.6. The van der Waals surface area contributed by atoms with Crippen molar-refractivity contribution in [1.29, 1.82) is 0 Å². The molecule has 168 valence electrons. The zero-order chi connectivity index (χ0) is 22.3. The first kappa shape index (κ1) is 25.1. The third-order valence-corrected chi connectivity index (χ3v) is 6.26. The minimum absolute atomic E-state index is 0.0173. The molecule has 2 aromatic rings. The molecule has 2 aliphatic rings. The van der Waals surface area contributed by atoms with Gasteiger partial charge in [-0.25, -0.2) is 0 Å². The molecule has 0 unspecified atom stereocenters. The van der Waals surface area contributed by atoms with Crippen molar-refractivity contribution in [2.45, 2.75) is 63.3 Å². The lowest BCUT2D eigenvalue weighted by atomic mass is 10.1. The Morgan fingerprint density at radius 2 is 1.23 bits per heavy atom. The standard InChI is InChI=1S/C13H16O2.C7H7Br.C6H10O2/c14-13(12-8-4-5-9-12)15-10-11-6-2-1-3-7-11;8-6-7-4-2-1-3-5-7;7-6(8)5-3-1-2-4-5/h1-3,6-7,12H,4-5,8-10H2;1-5H,6H2;5H,1-4H2,(H,7,8).